The SMILES string of the molecule is COC(=O)[C@@H](N)c1ccc(O)cc1Cl. The molecule has 0 aromatic heterocycles. The summed E-state index contributed by atoms with van der Waals surface area (Å²) in [5.41, 5.74) is 5.99. The molecular formula is C9H10ClNO3. The fourth-order valence-corrected chi connectivity index (χ4v) is 1.31. The standard InChI is InChI=1S/C9H10ClNO3/c1-14-9(13)8(11)6-3-2-5(12)4-7(6)10/h2-4,8,12H,11H2,1H3/t8-/m0/s1. The number of benzene rings is 1. The molecule has 0 radical (unpaired) electrons. The number of methoxy groups -OCH3 is 1. The molecule has 4 nitrogen and oxygen atoms in total. The number of rotatable bonds is 2. The summed E-state index contributed by atoms with van der Waals surface area (Å²) in [6.45, 7) is 0. The molecule has 0 aliphatic rings. The summed E-state index contributed by atoms with van der Waals surface area (Å²) in [6, 6.07) is 3.29. The lowest BCUT2D eigenvalue weighted by molar-refractivity contribution is -0.142. The number of esters is 1. The van der Waals surface area contributed by atoms with Crippen molar-refractivity contribution in [3.05, 3.63) is 28.8 Å². The van der Waals surface area contributed by atoms with E-state index in [-0.39, 0.29) is 10.8 Å². The fourth-order valence-electron chi connectivity index (χ4n) is 1.02. The molecule has 0 fully saturated rings. The van der Waals surface area contributed by atoms with Gasteiger partial charge in [-0.1, -0.05) is 17.7 Å². The van der Waals surface area contributed by atoms with Crippen LogP contribution < -0.4 is 5.73 Å². The normalized spacial score (nSPS) is 12.2. The highest BCUT2D eigenvalue weighted by atomic mass is 35.5. The van der Waals surface area contributed by atoms with Crippen LogP contribution >= 0.6 is 11.6 Å². The molecule has 0 aliphatic heterocycles. The third-order valence-corrected chi connectivity index (χ3v) is 2.10. The number of carbonyl (C=O) groups excluding carboxylic acids is 1. The van der Waals surface area contributed by atoms with Gasteiger partial charge >= 0.3 is 5.97 Å². The topological polar surface area (TPSA) is 72.5 Å². The second kappa shape index (κ2) is 4.30. The van der Waals surface area contributed by atoms with Crippen LogP contribution in [0.5, 0.6) is 5.75 Å². The molecule has 1 aromatic carbocycles. The smallest absolute Gasteiger partial charge is 0.327 e. The van der Waals surface area contributed by atoms with Gasteiger partial charge < -0.3 is 15.6 Å². The van der Waals surface area contributed by atoms with Crippen molar-refractivity contribution in [2.24, 2.45) is 5.73 Å². The van der Waals surface area contributed by atoms with Gasteiger partial charge in [-0.25, -0.2) is 0 Å². The van der Waals surface area contributed by atoms with Crippen molar-refractivity contribution < 1.29 is 14.6 Å². The van der Waals surface area contributed by atoms with Gasteiger partial charge in [0, 0.05) is 5.02 Å². The van der Waals surface area contributed by atoms with E-state index in [2.05, 4.69) is 4.74 Å². The van der Waals surface area contributed by atoms with Crippen LogP contribution in [0.15, 0.2) is 18.2 Å². The van der Waals surface area contributed by atoms with Gasteiger partial charge in [0.15, 0.2) is 0 Å². The molecule has 0 bridgehead atoms. The van der Waals surface area contributed by atoms with E-state index in [4.69, 9.17) is 22.4 Å². The molecule has 1 atom stereocenters. The molecular weight excluding hydrogens is 206 g/mol. The second-order valence-electron chi connectivity index (χ2n) is 2.71. The molecule has 14 heavy (non-hydrogen) atoms. The quantitative estimate of drug-likeness (QED) is 0.728. The van der Waals surface area contributed by atoms with Crippen LogP contribution in [0.4, 0.5) is 0 Å². The molecule has 1 aromatic rings. The molecule has 0 aliphatic carbocycles. The van der Waals surface area contributed by atoms with E-state index in [9.17, 15) is 4.79 Å². The van der Waals surface area contributed by atoms with Gasteiger partial charge in [0.1, 0.15) is 11.8 Å². The molecule has 1 rings (SSSR count). The lowest BCUT2D eigenvalue weighted by Gasteiger charge is -2.11. The molecule has 76 valence electrons. The Labute approximate surface area is 86.2 Å². The van der Waals surface area contributed by atoms with E-state index in [0.29, 0.717) is 5.56 Å². The van der Waals surface area contributed by atoms with E-state index < -0.39 is 12.0 Å². The third-order valence-electron chi connectivity index (χ3n) is 1.77. The van der Waals surface area contributed by atoms with E-state index >= 15 is 0 Å². The largest absolute Gasteiger partial charge is 0.508 e. The number of phenolic OH excluding ortho intramolecular Hbond substituents is 1. The van der Waals surface area contributed by atoms with Gasteiger partial charge in [-0.3, -0.25) is 4.79 Å². The van der Waals surface area contributed by atoms with Crippen LogP contribution in [0, 0.1) is 0 Å². The Bertz CT molecular complexity index is 354. The van der Waals surface area contributed by atoms with Crippen LogP contribution in [0.3, 0.4) is 0 Å². The number of nitrogens with two attached hydrogens (primary N) is 1. The van der Waals surface area contributed by atoms with Crippen LogP contribution in [0.1, 0.15) is 11.6 Å². The summed E-state index contributed by atoms with van der Waals surface area (Å²) < 4.78 is 4.47. The summed E-state index contributed by atoms with van der Waals surface area (Å²) in [5.74, 6) is -0.548. The number of aromatic hydroxyl groups is 1. The number of hydrogen-bond acceptors (Lipinski definition) is 4. The van der Waals surface area contributed by atoms with Crippen molar-refractivity contribution in [2.75, 3.05) is 7.11 Å². The zero-order valence-electron chi connectivity index (χ0n) is 7.53. The Morgan fingerprint density at radius 2 is 2.29 bits per heavy atom. The molecule has 0 saturated heterocycles. The Morgan fingerprint density at radius 3 is 2.79 bits per heavy atom. The van der Waals surface area contributed by atoms with Crippen LogP contribution in [0.2, 0.25) is 5.02 Å². The Hall–Kier alpha value is -1.26. The van der Waals surface area contributed by atoms with E-state index in [1.54, 1.807) is 0 Å². The van der Waals surface area contributed by atoms with Gasteiger partial charge in [-0.15, -0.1) is 0 Å². The van der Waals surface area contributed by atoms with Gasteiger partial charge in [0.2, 0.25) is 0 Å². The van der Waals surface area contributed by atoms with Crippen molar-refractivity contribution in [3.8, 4) is 5.75 Å². The maximum Gasteiger partial charge on any atom is 0.327 e. The number of halogens is 1. The number of hydrogen-bond donors (Lipinski definition) is 2. The van der Waals surface area contributed by atoms with E-state index in [0.717, 1.165) is 0 Å². The minimum Gasteiger partial charge on any atom is -0.508 e. The first-order valence-corrected chi connectivity index (χ1v) is 4.26. The first kappa shape index (κ1) is 10.8. The van der Waals surface area contributed by atoms with Gasteiger partial charge in [-0.2, -0.15) is 0 Å². The molecule has 3 N–H and O–H groups in total. The lowest BCUT2D eigenvalue weighted by Crippen LogP contribution is -2.22. The first-order valence-electron chi connectivity index (χ1n) is 3.88. The van der Waals surface area contributed by atoms with Crippen molar-refractivity contribution in [2.45, 2.75) is 6.04 Å². The summed E-state index contributed by atoms with van der Waals surface area (Å²) in [4.78, 5) is 11.1. The maximum absolute atomic E-state index is 11.1. The van der Waals surface area contributed by atoms with Gasteiger partial charge in [0.25, 0.3) is 0 Å². The summed E-state index contributed by atoms with van der Waals surface area (Å²) in [6.07, 6.45) is 0. The van der Waals surface area contributed by atoms with Gasteiger partial charge in [0.05, 0.1) is 7.11 Å². The Morgan fingerprint density at radius 1 is 1.64 bits per heavy atom. The summed E-state index contributed by atoms with van der Waals surface area (Å²) in [5, 5.41) is 9.31. The average molecular weight is 216 g/mol. The zero-order chi connectivity index (χ0) is 10.7. The zero-order valence-corrected chi connectivity index (χ0v) is 8.28. The van der Waals surface area contributed by atoms with Crippen molar-refractivity contribution in [3.63, 3.8) is 0 Å². The summed E-state index contributed by atoms with van der Waals surface area (Å²) >= 11 is 5.78. The number of carbonyl (C=O) groups is 1. The highest BCUT2D eigenvalue weighted by molar-refractivity contribution is 6.31. The maximum atomic E-state index is 11.1. The van der Waals surface area contributed by atoms with E-state index in [1.807, 2.05) is 0 Å². The minimum absolute atomic E-state index is 0.0239. The molecule has 5 heteroatoms. The molecule has 0 heterocycles. The molecule has 0 saturated carbocycles. The molecule has 0 spiro atoms. The Kier molecular flexibility index (Phi) is 3.33. The van der Waals surface area contributed by atoms with Crippen molar-refractivity contribution in [1.29, 1.82) is 0 Å². The average Bonchev–Trinajstić information content (AvgIpc) is 2.15. The van der Waals surface area contributed by atoms with Crippen LogP contribution in [0.25, 0.3) is 0 Å². The van der Waals surface area contributed by atoms with Crippen molar-refractivity contribution >= 4 is 17.6 Å². The fraction of sp³-hybridized carbons (Fsp3) is 0.222. The minimum atomic E-state index is -0.923. The molecule has 0 unspecified atom stereocenters. The van der Waals surface area contributed by atoms with E-state index in [1.165, 1.54) is 25.3 Å². The number of phenols is 1. The highest BCUT2D eigenvalue weighted by Gasteiger charge is 2.18. The second-order valence-corrected chi connectivity index (χ2v) is 3.11. The highest BCUT2D eigenvalue weighted by Crippen LogP contribution is 2.26. The van der Waals surface area contributed by atoms with Gasteiger partial charge in [-0.05, 0) is 17.7 Å². The first-order chi connectivity index (χ1) is 6.56. The number of ether oxygens (including phenoxy) is 1. The predicted octanol–water partition coefficient (Wildman–Crippen LogP) is 1.22. The third kappa shape index (κ3) is 2.16. The van der Waals surface area contributed by atoms with Crippen molar-refractivity contribution in [1.82, 2.24) is 0 Å². The Balaban J connectivity index is 3.01. The molecule has 0 amide bonds. The van der Waals surface area contributed by atoms with Crippen LogP contribution in [-0.4, -0.2) is 18.2 Å². The lowest BCUT2D eigenvalue weighted by atomic mass is 10.1. The van der Waals surface area contributed by atoms with Crippen LogP contribution in [-0.2, 0) is 9.53 Å². The summed E-state index contributed by atoms with van der Waals surface area (Å²) in [7, 11) is 1.25. The monoisotopic (exact) mass is 215 g/mol. The predicted molar refractivity (Wildman–Crippen MR) is 52.1 cm³/mol.